The number of carbonyl (C=O) groups is 2. The topological polar surface area (TPSA) is 66.8 Å². The summed E-state index contributed by atoms with van der Waals surface area (Å²) in [5, 5.41) is 9.54. The van der Waals surface area contributed by atoms with Crippen LogP contribution in [0.2, 0.25) is 0 Å². The van der Waals surface area contributed by atoms with Gasteiger partial charge in [-0.25, -0.2) is 4.79 Å². The molecule has 1 aliphatic heterocycles. The fourth-order valence-electron chi connectivity index (χ4n) is 3.00. The van der Waals surface area contributed by atoms with Crippen LogP contribution in [0.3, 0.4) is 0 Å². The second kappa shape index (κ2) is 6.83. The van der Waals surface area contributed by atoms with E-state index in [4.69, 9.17) is 4.74 Å². The van der Waals surface area contributed by atoms with Gasteiger partial charge in [0.05, 0.1) is 5.92 Å². The molecular weight excluding hydrogens is 306 g/mol. The lowest BCUT2D eigenvalue weighted by atomic mass is 9.88. The standard InChI is InChI=1S/C19H27NO4/c1-12(2)13-6-8-14(9-7-13)15-10-20(11-16(15)17(21)22)18(23)24-19(3,4)5/h6-9,12,15-16H,10-11H2,1-5H3,(H,21,22)/t15-,16+/m0/s1. The van der Waals surface area contributed by atoms with Crippen LogP contribution >= 0.6 is 0 Å². The summed E-state index contributed by atoms with van der Waals surface area (Å²) in [6.07, 6.45) is -0.449. The molecule has 5 nitrogen and oxygen atoms in total. The molecule has 0 saturated carbocycles. The Bertz CT molecular complexity index is 601. The van der Waals surface area contributed by atoms with E-state index in [9.17, 15) is 14.7 Å². The van der Waals surface area contributed by atoms with Crippen LogP contribution in [0.4, 0.5) is 4.79 Å². The summed E-state index contributed by atoms with van der Waals surface area (Å²) in [4.78, 5) is 25.4. The molecule has 0 unspecified atom stereocenters. The van der Waals surface area contributed by atoms with E-state index in [-0.39, 0.29) is 12.5 Å². The van der Waals surface area contributed by atoms with Gasteiger partial charge in [0.25, 0.3) is 0 Å². The van der Waals surface area contributed by atoms with Crippen LogP contribution in [0, 0.1) is 5.92 Å². The molecule has 1 amide bonds. The van der Waals surface area contributed by atoms with Gasteiger partial charge in [0.1, 0.15) is 5.60 Å². The summed E-state index contributed by atoms with van der Waals surface area (Å²) in [5.41, 5.74) is 1.58. The van der Waals surface area contributed by atoms with Crippen molar-refractivity contribution in [3.05, 3.63) is 35.4 Å². The highest BCUT2D eigenvalue weighted by molar-refractivity contribution is 5.76. The zero-order valence-corrected chi connectivity index (χ0v) is 15.1. The lowest BCUT2D eigenvalue weighted by Crippen LogP contribution is -2.35. The molecule has 0 spiro atoms. The molecule has 2 rings (SSSR count). The molecule has 1 saturated heterocycles. The van der Waals surface area contributed by atoms with E-state index in [1.807, 2.05) is 24.3 Å². The Morgan fingerprint density at radius 3 is 2.21 bits per heavy atom. The van der Waals surface area contributed by atoms with E-state index < -0.39 is 23.6 Å². The number of hydrogen-bond acceptors (Lipinski definition) is 3. The molecule has 0 bridgehead atoms. The Kier molecular flexibility index (Phi) is 5.21. The molecule has 1 N–H and O–H groups in total. The fraction of sp³-hybridized carbons (Fsp3) is 0.579. The lowest BCUT2D eigenvalue weighted by Gasteiger charge is -2.24. The molecule has 2 atom stereocenters. The first-order valence-corrected chi connectivity index (χ1v) is 8.39. The first-order valence-electron chi connectivity index (χ1n) is 8.39. The average molecular weight is 333 g/mol. The van der Waals surface area contributed by atoms with Gasteiger partial charge in [-0.05, 0) is 37.8 Å². The number of benzene rings is 1. The second-order valence-corrected chi connectivity index (χ2v) is 7.76. The second-order valence-electron chi connectivity index (χ2n) is 7.76. The van der Waals surface area contributed by atoms with Crippen LogP contribution in [-0.4, -0.2) is 40.8 Å². The third-order valence-corrected chi connectivity index (χ3v) is 4.32. The Morgan fingerprint density at radius 1 is 1.17 bits per heavy atom. The Hall–Kier alpha value is -2.04. The molecule has 1 aliphatic rings. The van der Waals surface area contributed by atoms with E-state index >= 15 is 0 Å². The van der Waals surface area contributed by atoms with Gasteiger partial charge in [-0.3, -0.25) is 4.79 Å². The van der Waals surface area contributed by atoms with Crippen molar-refractivity contribution in [1.82, 2.24) is 4.90 Å². The van der Waals surface area contributed by atoms with E-state index in [0.29, 0.717) is 12.5 Å². The molecule has 24 heavy (non-hydrogen) atoms. The maximum absolute atomic E-state index is 12.3. The largest absolute Gasteiger partial charge is 0.481 e. The monoisotopic (exact) mass is 333 g/mol. The van der Waals surface area contributed by atoms with Crippen molar-refractivity contribution in [2.24, 2.45) is 5.92 Å². The van der Waals surface area contributed by atoms with Crippen molar-refractivity contribution in [2.75, 3.05) is 13.1 Å². The number of rotatable bonds is 3. The van der Waals surface area contributed by atoms with Crippen molar-refractivity contribution < 1.29 is 19.4 Å². The van der Waals surface area contributed by atoms with Gasteiger partial charge in [-0.1, -0.05) is 38.1 Å². The van der Waals surface area contributed by atoms with Crippen LogP contribution in [0.15, 0.2) is 24.3 Å². The molecule has 0 aromatic heterocycles. The van der Waals surface area contributed by atoms with Gasteiger partial charge in [0.2, 0.25) is 0 Å². The molecule has 132 valence electrons. The van der Waals surface area contributed by atoms with Crippen molar-refractivity contribution in [2.45, 2.75) is 52.1 Å². The minimum absolute atomic E-state index is 0.181. The molecule has 1 heterocycles. The van der Waals surface area contributed by atoms with Gasteiger partial charge in [-0.15, -0.1) is 0 Å². The summed E-state index contributed by atoms with van der Waals surface area (Å²) in [7, 11) is 0. The number of amides is 1. The first kappa shape index (κ1) is 18.3. The van der Waals surface area contributed by atoms with E-state index in [0.717, 1.165) is 5.56 Å². The lowest BCUT2D eigenvalue weighted by molar-refractivity contribution is -0.141. The van der Waals surface area contributed by atoms with Crippen molar-refractivity contribution in [3.8, 4) is 0 Å². The predicted octanol–water partition coefficient (Wildman–Crippen LogP) is 3.85. The number of hydrogen-bond donors (Lipinski definition) is 1. The molecule has 0 aliphatic carbocycles. The van der Waals surface area contributed by atoms with Crippen LogP contribution in [0.5, 0.6) is 0 Å². The van der Waals surface area contributed by atoms with E-state index in [1.54, 1.807) is 20.8 Å². The highest BCUT2D eigenvalue weighted by Crippen LogP contribution is 2.34. The fourth-order valence-corrected chi connectivity index (χ4v) is 3.00. The first-order chi connectivity index (χ1) is 11.1. The summed E-state index contributed by atoms with van der Waals surface area (Å²) < 4.78 is 5.38. The number of nitrogens with zero attached hydrogens (tertiary/aromatic N) is 1. The highest BCUT2D eigenvalue weighted by Gasteiger charge is 2.41. The zero-order valence-electron chi connectivity index (χ0n) is 15.1. The minimum atomic E-state index is -0.876. The summed E-state index contributed by atoms with van der Waals surface area (Å²) in [6.45, 7) is 10.2. The number of aliphatic carboxylic acids is 1. The number of carboxylic acid groups (broad SMARTS) is 1. The van der Waals surface area contributed by atoms with Crippen LogP contribution in [-0.2, 0) is 9.53 Å². The number of likely N-dealkylation sites (tertiary alicyclic amines) is 1. The predicted molar refractivity (Wildman–Crippen MR) is 92.2 cm³/mol. The van der Waals surface area contributed by atoms with Gasteiger partial charge in [0.15, 0.2) is 0 Å². The van der Waals surface area contributed by atoms with Crippen LogP contribution in [0.1, 0.15) is 57.6 Å². The van der Waals surface area contributed by atoms with Gasteiger partial charge in [-0.2, -0.15) is 0 Å². The number of carbonyl (C=O) groups excluding carboxylic acids is 1. The quantitative estimate of drug-likeness (QED) is 0.912. The smallest absolute Gasteiger partial charge is 0.410 e. The Labute approximate surface area is 143 Å². The SMILES string of the molecule is CC(C)c1ccc([C@@H]2CN(C(=O)OC(C)(C)C)C[C@H]2C(=O)O)cc1. The summed E-state index contributed by atoms with van der Waals surface area (Å²) in [5.74, 6) is -1.27. The third-order valence-electron chi connectivity index (χ3n) is 4.32. The van der Waals surface area contributed by atoms with E-state index in [2.05, 4.69) is 13.8 Å². The summed E-state index contributed by atoms with van der Waals surface area (Å²) >= 11 is 0. The van der Waals surface area contributed by atoms with E-state index in [1.165, 1.54) is 10.5 Å². The van der Waals surface area contributed by atoms with Crippen molar-refractivity contribution in [1.29, 1.82) is 0 Å². The Balaban J connectivity index is 2.19. The summed E-state index contributed by atoms with van der Waals surface area (Å²) in [6, 6.07) is 8.03. The molecule has 1 fully saturated rings. The maximum atomic E-state index is 12.3. The molecule has 0 radical (unpaired) electrons. The van der Waals surface area contributed by atoms with Crippen molar-refractivity contribution >= 4 is 12.1 Å². The molecular formula is C19H27NO4. The molecule has 5 heteroatoms. The highest BCUT2D eigenvalue weighted by atomic mass is 16.6. The van der Waals surface area contributed by atoms with Crippen molar-refractivity contribution in [3.63, 3.8) is 0 Å². The van der Waals surface area contributed by atoms with Gasteiger partial charge >= 0.3 is 12.1 Å². The molecule has 1 aromatic rings. The maximum Gasteiger partial charge on any atom is 0.410 e. The number of ether oxygens (including phenoxy) is 1. The normalized spacial score (nSPS) is 21.2. The van der Waals surface area contributed by atoms with Crippen LogP contribution in [0.25, 0.3) is 0 Å². The molecule has 1 aromatic carbocycles. The Morgan fingerprint density at radius 2 is 1.75 bits per heavy atom. The van der Waals surface area contributed by atoms with Gasteiger partial charge < -0.3 is 14.7 Å². The van der Waals surface area contributed by atoms with Gasteiger partial charge in [0, 0.05) is 19.0 Å². The minimum Gasteiger partial charge on any atom is -0.481 e. The zero-order chi connectivity index (χ0) is 18.1. The third kappa shape index (κ3) is 4.28. The average Bonchev–Trinajstić information content (AvgIpc) is 2.91. The van der Waals surface area contributed by atoms with Crippen LogP contribution < -0.4 is 0 Å². The number of carboxylic acids is 1.